The van der Waals surface area contributed by atoms with E-state index in [0.717, 1.165) is 12.0 Å². The van der Waals surface area contributed by atoms with Crippen LogP contribution in [-0.2, 0) is 20.9 Å². The number of benzene rings is 1. The Hall–Kier alpha value is -2.83. The van der Waals surface area contributed by atoms with Gasteiger partial charge in [0.25, 0.3) is 11.6 Å². The van der Waals surface area contributed by atoms with Gasteiger partial charge in [-0.2, -0.15) is 4.79 Å². The molecule has 1 heterocycles. The lowest BCUT2D eigenvalue weighted by Crippen LogP contribution is -2.43. The summed E-state index contributed by atoms with van der Waals surface area (Å²) < 4.78 is 4.95. The maximum Gasteiger partial charge on any atom is 0.407 e. The van der Waals surface area contributed by atoms with Gasteiger partial charge in [-0.1, -0.05) is 30.3 Å². The van der Waals surface area contributed by atoms with Gasteiger partial charge in [0.15, 0.2) is 0 Å². The summed E-state index contributed by atoms with van der Waals surface area (Å²) in [7, 11) is 0. The van der Waals surface area contributed by atoms with E-state index in [2.05, 4.69) is 15.4 Å². The molecule has 0 bridgehead atoms. The van der Waals surface area contributed by atoms with Gasteiger partial charge in [-0.15, -0.1) is 0 Å². The molecule has 0 aromatic heterocycles. The number of ketones is 2. The van der Waals surface area contributed by atoms with Crippen LogP contribution < -0.4 is 10.6 Å². The van der Waals surface area contributed by atoms with Crippen molar-refractivity contribution in [3.8, 4) is 0 Å². The van der Waals surface area contributed by atoms with Crippen molar-refractivity contribution in [3.05, 3.63) is 41.4 Å². The number of hydrogen-bond acceptors (Lipinski definition) is 5. The largest absolute Gasteiger partial charge is 0.445 e. The first kappa shape index (κ1) is 17.5. The van der Waals surface area contributed by atoms with Crippen molar-refractivity contribution in [2.75, 3.05) is 13.1 Å². The van der Waals surface area contributed by atoms with E-state index in [4.69, 9.17) is 10.3 Å². The van der Waals surface area contributed by atoms with Crippen molar-refractivity contribution in [2.24, 2.45) is 0 Å². The van der Waals surface area contributed by atoms with Crippen LogP contribution in [0.25, 0.3) is 5.53 Å². The van der Waals surface area contributed by atoms with Gasteiger partial charge in [0.2, 0.25) is 0 Å². The first-order chi connectivity index (χ1) is 11.6. The quantitative estimate of drug-likeness (QED) is 0.326. The molecular formula is C16H18N4O4. The zero-order valence-corrected chi connectivity index (χ0v) is 13.0. The number of rotatable bonds is 7. The van der Waals surface area contributed by atoms with Crippen LogP contribution in [0.2, 0.25) is 0 Å². The predicted molar refractivity (Wildman–Crippen MR) is 84.3 cm³/mol. The molecule has 1 aliphatic rings. The van der Waals surface area contributed by atoms with E-state index in [-0.39, 0.29) is 6.61 Å². The molecule has 8 heteroatoms. The van der Waals surface area contributed by atoms with Gasteiger partial charge in [-0.3, -0.25) is 9.59 Å². The maximum atomic E-state index is 12.1. The number of amides is 1. The van der Waals surface area contributed by atoms with E-state index >= 15 is 0 Å². The molecule has 2 N–H and O–H groups in total. The second-order valence-electron chi connectivity index (χ2n) is 5.30. The Morgan fingerprint density at radius 1 is 1.29 bits per heavy atom. The van der Waals surface area contributed by atoms with Gasteiger partial charge < -0.3 is 20.9 Å². The lowest BCUT2D eigenvalue weighted by atomic mass is 10.0. The molecule has 24 heavy (non-hydrogen) atoms. The highest BCUT2D eigenvalue weighted by atomic mass is 16.5. The molecule has 1 atom stereocenters. The Bertz CT molecular complexity index is 662. The van der Waals surface area contributed by atoms with Crippen molar-refractivity contribution in [2.45, 2.75) is 25.5 Å². The van der Waals surface area contributed by atoms with E-state index in [9.17, 15) is 14.4 Å². The number of carbonyl (C=O) groups excluding carboxylic acids is 3. The molecule has 0 spiro atoms. The van der Waals surface area contributed by atoms with Gasteiger partial charge in [-0.05, 0) is 24.9 Å². The van der Waals surface area contributed by atoms with Crippen molar-refractivity contribution in [1.82, 2.24) is 10.6 Å². The summed E-state index contributed by atoms with van der Waals surface area (Å²) in [4.78, 5) is 38.4. The molecule has 2 rings (SSSR count). The average Bonchev–Trinajstić information content (AvgIpc) is 3.14. The number of Topliss-reactive ketones (excluding diaryl/α,β-unsaturated/α-hetero) is 2. The monoisotopic (exact) mass is 330 g/mol. The van der Waals surface area contributed by atoms with Gasteiger partial charge in [0.1, 0.15) is 6.61 Å². The molecular weight excluding hydrogens is 312 g/mol. The van der Waals surface area contributed by atoms with Crippen molar-refractivity contribution in [1.29, 1.82) is 0 Å². The van der Waals surface area contributed by atoms with Crippen molar-refractivity contribution in [3.63, 3.8) is 0 Å². The van der Waals surface area contributed by atoms with Crippen molar-refractivity contribution < 1.29 is 23.9 Å². The first-order valence-corrected chi connectivity index (χ1v) is 7.59. The summed E-state index contributed by atoms with van der Waals surface area (Å²) in [5, 5.41) is 5.16. The van der Waals surface area contributed by atoms with Gasteiger partial charge >= 0.3 is 11.8 Å². The lowest BCUT2D eigenvalue weighted by Gasteiger charge is -2.07. The molecule has 1 aliphatic heterocycles. The number of hydrogen-bond donors (Lipinski definition) is 2. The minimum atomic E-state index is -0.795. The highest BCUT2D eigenvalue weighted by molar-refractivity contribution is 6.65. The number of nitrogens with one attached hydrogen (secondary N) is 2. The van der Waals surface area contributed by atoms with Crippen LogP contribution in [0.5, 0.6) is 0 Å². The topological polar surface area (TPSA) is 121 Å². The molecule has 8 nitrogen and oxygen atoms in total. The SMILES string of the molecule is [N-]=[N+]=C(C(=O)CNC(=O)OCc1ccccc1)C(=O)[C@H]1CCCN1. The third kappa shape index (κ3) is 4.84. The van der Waals surface area contributed by atoms with Gasteiger partial charge in [0.05, 0.1) is 12.6 Å². The van der Waals surface area contributed by atoms with E-state index in [1.807, 2.05) is 18.2 Å². The Balaban J connectivity index is 1.79. The third-order valence-corrected chi connectivity index (χ3v) is 3.58. The highest BCUT2D eigenvalue weighted by Crippen LogP contribution is 2.06. The number of nitrogens with zero attached hydrogens (tertiary/aromatic N) is 2. The van der Waals surface area contributed by atoms with Gasteiger partial charge in [0, 0.05) is 0 Å². The van der Waals surface area contributed by atoms with E-state index in [1.54, 1.807) is 12.1 Å². The summed E-state index contributed by atoms with van der Waals surface area (Å²) in [6, 6.07) is 8.53. The first-order valence-electron chi connectivity index (χ1n) is 7.59. The summed E-state index contributed by atoms with van der Waals surface area (Å²) in [6.45, 7) is 0.256. The molecule has 1 saturated heterocycles. The van der Waals surface area contributed by atoms with Crippen LogP contribution in [0, 0.1) is 0 Å². The van der Waals surface area contributed by atoms with Crippen LogP contribution in [-0.4, -0.2) is 47.3 Å². The molecule has 1 amide bonds. The fourth-order valence-electron chi connectivity index (χ4n) is 2.33. The Labute approximate surface area is 138 Å². The number of alkyl carbamates (subject to hydrolysis) is 1. The number of carbonyl (C=O) groups is 3. The Morgan fingerprint density at radius 3 is 2.67 bits per heavy atom. The maximum absolute atomic E-state index is 12.1. The standard InChI is InChI=1S/C16H18N4O4/c17-20-14(15(22)12-7-4-8-18-12)13(21)9-19-16(23)24-10-11-5-2-1-3-6-11/h1-3,5-6,12,18H,4,7-10H2,(H,19,23)/t12-/m1/s1. The minimum Gasteiger partial charge on any atom is -0.445 e. The van der Waals surface area contributed by atoms with Crippen LogP contribution in [0.4, 0.5) is 4.79 Å². The second kappa shape index (κ2) is 8.71. The molecule has 126 valence electrons. The van der Waals surface area contributed by atoms with Gasteiger partial charge in [-0.25, -0.2) is 4.79 Å². The second-order valence-corrected chi connectivity index (χ2v) is 5.30. The molecule has 1 fully saturated rings. The molecule has 0 radical (unpaired) electrons. The fourth-order valence-corrected chi connectivity index (χ4v) is 2.33. The van der Waals surface area contributed by atoms with E-state index in [1.165, 1.54) is 0 Å². The minimum absolute atomic E-state index is 0.0622. The summed E-state index contributed by atoms with van der Waals surface area (Å²) >= 11 is 0. The summed E-state index contributed by atoms with van der Waals surface area (Å²) in [5.74, 6) is -1.34. The Kier molecular flexibility index (Phi) is 6.36. The normalized spacial score (nSPS) is 16.1. The average molecular weight is 330 g/mol. The molecule has 0 unspecified atom stereocenters. The highest BCUT2D eigenvalue weighted by Gasteiger charge is 2.36. The van der Waals surface area contributed by atoms with Crippen LogP contribution >= 0.6 is 0 Å². The lowest BCUT2D eigenvalue weighted by molar-refractivity contribution is -0.124. The molecule has 1 aromatic carbocycles. The zero-order valence-electron chi connectivity index (χ0n) is 13.0. The molecule has 0 saturated carbocycles. The fraction of sp³-hybridized carbons (Fsp3) is 0.375. The number of ether oxygens (including phenoxy) is 1. The van der Waals surface area contributed by atoms with Crippen LogP contribution in [0.3, 0.4) is 0 Å². The Morgan fingerprint density at radius 2 is 2.04 bits per heavy atom. The smallest absolute Gasteiger partial charge is 0.407 e. The molecule has 0 aliphatic carbocycles. The zero-order chi connectivity index (χ0) is 17.4. The summed E-state index contributed by atoms with van der Waals surface area (Å²) in [5.41, 5.74) is 9.15. The van der Waals surface area contributed by atoms with E-state index < -0.39 is 36.0 Å². The third-order valence-electron chi connectivity index (χ3n) is 3.58. The van der Waals surface area contributed by atoms with E-state index in [0.29, 0.717) is 13.0 Å². The predicted octanol–water partition coefficient (Wildman–Crippen LogP) is 0.474. The molecule has 1 aromatic rings. The van der Waals surface area contributed by atoms with Crippen molar-refractivity contribution >= 4 is 23.4 Å². The van der Waals surface area contributed by atoms with Crippen LogP contribution in [0.15, 0.2) is 30.3 Å². The summed E-state index contributed by atoms with van der Waals surface area (Å²) in [6.07, 6.45) is 0.598. The van der Waals surface area contributed by atoms with Crippen LogP contribution in [0.1, 0.15) is 18.4 Å².